The molecule has 1 aromatic heterocycles. The SMILES string of the molecule is Cc1cc(Cl)nc2cc3c(cc12)OCO3. The van der Waals surface area contributed by atoms with Crippen LogP contribution in [-0.2, 0) is 0 Å². The Morgan fingerprint density at radius 1 is 1.20 bits per heavy atom. The molecule has 0 aliphatic carbocycles. The number of fused-ring (bicyclic) bond motifs is 2. The molecule has 2 aromatic rings. The molecule has 2 heterocycles. The normalized spacial score (nSPS) is 13.5. The second kappa shape index (κ2) is 3.00. The first-order valence-corrected chi connectivity index (χ1v) is 4.98. The van der Waals surface area contributed by atoms with Crippen LogP contribution in [0, 0.1) is 6.92 Å². The summed E-state index contributed by atoms with van der Waals surface area (Å²) in [6, 6.07) is 5.64. The molecule has 0 fully saturated rings. The number of hydrogen-bond donors (Lipinski definition) is 0. The third-order valence-electron chi connectivity index (χ3n) is 2.48. The van der Waals surface area contributed by atoms with Gasteiger partial charge in [-0.3, -0.25) is 0 Å². The number of halogens is 1. The van der Waals surface area contributed by atoms with Gasteiger partial charge in [-0.15, -0.1) is 0 Å². The summed E-state index contributed by atoms with van der Waals surface area (Å²) in [5.41, 5.74) is 1.92. The summed E-state index contributed by atoms with van der Waals surface area (Å²) in [5, 5.41) is 1.54. The smallest absolute Gasteiger partial charge is 0.231 e. The molecule has 0 atom stereocenters. The van der Waals surface area contributed by atoms with E-state index >= 15 is 0 Å². The zero-order chi connectivity index (χ0) is 10.4. The van der Waals surface area contributed by atoms with Crippen molar-refractivity contribution in [1.82, 2.24) is 4.98 Å². The van der Waals surface area contributed by atoms with Gasteiger partial charge in [-0.25, -0.2) is 4.98 Å². The van der Waals surface area contributed by atoms with Gasteiger partial charge in [-0.1, -0.05) is 11.6 Å². The molecule has 1 aliphatic rings. The van der Waals surface area contributed by atoms with Crippen molar-refractivity contribution in [2.45, 2.75) is 6.92 Å². The monoisotopic (exact) mass is 221 g/mol. The number of pyridine rings is 1. The fourth-order valence-electron chi connectivity index (χ4n) is 1.74. The van der Waals surface area contributed by atoms with E-state index in [1.165, 1.54) is 0 Å². The summed E-state index contributed by atoms with van der Waals surface area (Å²) >= 11 is 5.89. The molecule has 0 spiro atoms. The molecule has 0 amide bonds. The molecule has 3 nitrogen and oxygen atoms in total. The maximum absolute atomic E-state index is 5.89. The molecule has 4 heteroatoms. The second-order valence-electron chi connectivity index (χ2n) is 3.48. The molecule has 0 radical (unpaired) electrons. The van der Waals surface area contributed by atoms with Crippen molar-refractivity contribution in [2.24, 2.45) is 0 Å². The highest BCUT2D eigenvalue weighted by atomic mass is 35.5. The van der Waals surface area contributed by atoms with Gasteiger partial charge in [0.1, 0.15) is 5.15 Å². The lowest BCUT2D eigenvalue weighted by Crippen LogP contribution is -1.92. The van der Waals surface area contributed by atoms with Gasteiger partial charge in [0.05, 0.1) is 5.52 Å². The maximum Gasteiger partial charge on any atom is 0.231 e. The van der Waals surface area contributed by atoms with Crippen molar-refractivity contribution in [3.8, 4) is 11.5 Å². The Balaban J connectivity index is 2.38. The van der Waals surface area contributed by atoms with E-state index in [2.05, 4.69) is 4.98 Å². The lowest BCUT2D eigenvalue weighted by Gasteiger charge is -2.03. The molecule has 0 unspecified atom stereocenters. The van der Waals surface area contributed by atoms with Gasteiger partial charge in [0, 0.05) is 11.5 Å². The highest BCUT2D eigenvalue weighted by Gasteiger charge is 2.15. The van der Waals surface area contributed by atoms with Crippen LogP contribution < -0.4 is 9.47 Å². The Labute approximate surface area is 91.6 Å². The molecular weight excluding hydrogens is 214 g/mol. The average Bonchev–Trinajstić information content (AvgIpc) is 2.61. The summed E-state index contributed by atoms with van der Waals surface area (Å²) in [6.07, 6.45) is 0. The van der Waals surface area contributed by atoms with Crippen molar-refractivity contribution in [2.75, 3.05) is 6.79 Å². The number of hydrogen-bond acceptors (Lipinski definition) is 3. The van der Waals surface area contributed by atoms with Crippen LogP contribution in [0.5, 0.6) is 11.5 Å². The Hall–Kier alpha value is -1.48. The lowest BCUT2D eigenvalue weighted by atomic mass is 10.1. The standard InChI is InChI=1S/C11H8ClNO2/c1-6-2-11(12)13-8-4-10-9(3-7(6)8)14-5-15-10/h2-4H,5H2,1H3. The summed E-state index contributed by atoms with van der Waals surface area (Å²) in [4.78, 5) is 4.24. The minimum atomic E-state index is 0.276. The van der Waals surface area contributed by atoms with Crippen LogP contribution >= 0.6 is 11.6 Å². The molecular formula is C11H8ClNO2. The minimum absolute atomic E-state index is 0.276. The maximum atomic E-state index is 5.89. The molecule has 3 rings (SSSR count). The molecule has 0 bridgehead atoms. The molecule has 76 valence electrons. The molecule has 1 aliphatic heterocycles. The highest BCUT2D eigenvalue weighted by Crippen LogP contribution is 2.36. The minimum Gasteiger partial charge on any atom is -0.454 e. The molecule has 0 saturated carbocycles. The van der Waals surface area contributed by atoms with Crippen LogP contribution in [0.25, 0.3) is 10.9 Å². The number of nitrogens with zero attached hydrogens (tertiary/aromatic N) is 1. The Morgan fingerprint density at radius 2 is 1.93 bits per heavy atom. The van der Waals surface area contributed by atoms with Gasteiger partial charge in [-0.05, 0) is 24.6 Å². The quantitative estimate of drug-likeness (QED) is 0.641. The third kappa shape index (κ3) is 1.31. The number of aromatic nitrogens is 1. The first-order chi connectivity index (χ1) is 7.24. The van der Waals surface area contributed by atoms with Crippen molar-refractivity contribution in [3.05, 3.63) is 28.9 Å². The van der Waals surface area contributed by atoms with E-state index in [0.29, 0.717) is 5.15 Å². The fraction of sp³-hybridized carbons (Fsp3) is 0.182. The van der Waals surface area contributed by atoms with Crippen molar-refractivity contribution < 1.29 is 9.47 Å². The Bertz CT molecular complexity index is 554. The topological polar surface area (TPSA) is 31.4 Å². The Morgan fingerprint density at radius 3 is 2.73 bits per heavy atom. The van der Waals surface area contributed by atoms with Gasteiger partial charge < -0.3 is 9.47 Å². The number of rotatable bonds is 0. The largest absolute Gasteiger partial charge is 0.454 e. The van der Waals surface area contributed by atoms with Crippen molar-refractivity contribution in [1.29, 1.82) is 0 Å². The van der Waals surface area contributed by atoms with Crippen LogP contribution in [0.3, 0.4) is 0 Å². The summed E-state index contributed by atoms with van der Waals surface area (Å²) < 4.78 is 10.6. The Kier molecular flexibility index (Phi) is 1.76. The van der Waals surface area contributed by atoms with E-state index < -0.39 is 0 Å². The number of ether oxygens (including phenoxy) is 2. The predicted molar refractivity (Wildman–Crippen MR) is 57.6 cm³/mol. The molecule has 1 aromatic carbocycles. The zero-order valence-corrected chi connectivity index (χ0v) is 8.84. The number of benzene rings is 1. The molecule has 15 heavy (non-hydrogen) atoms. The van der Waals surface area contributed by atoms with E-state index in [0.717, 1.165) is 28.0 Å². The molecule has 0 saturated heterocycles. The molecule has 0 N–H and O–H groups in total. The van der Waals surface area contributed by atoms with Gasteiger partial charge in [0.15, 0.2) is 11.5 Å². The summed E-state index contributed by atoms with van der Waals surface area (Å²) in [7, 11) is 0. The third-order valence-corrected chi connectivity index (χ3v) is 2.67. The van der Waals surface area contributed by atoms with Crippen LogP contribution in [-0.4, -0.2) is 11.8 Å². The first kappa shape index (κ1) is 8.80. The zero-order valence-electron chi connectivity index (χ0n) is 8.08. The van der Waals surface area contributed by atoms with E-state index in [4.69, 9.17) is 21.1 Å². The van der Waals surface area contributed by atoms with E-state index in [1.54, 1.807) is 0 Å². The average molecular weight is 222 g/mol. The summed E-state index contributed by atoms with van der Waals surface area (Å²) in [6.45, 7) is 2.27. The van der Waals surface area contributed by atoms with Gasteiger partial charge >= 0.3 is 0 Å². The van der Waals surface area contributed by atoms with Crippen molar-refractivity contribution in [3.63, 3.8) is 0 Å². The van der Waals surface area contributed by atoms with Gasteiger partial charge in [0.2, 0.25) is 6.79 Å². The highest BCUT2D eigenvalue weighted by molar-refractivity contribution is 6.29. The predicted octanol–water partition coefficient (Wildman–Crippen LogP) is 2.93. The van der Waals surface area contributed by atoms with E-state index in [-0.39, 0.29) is 6.79 Å². The van der Waals surface area contributed by atoms with Gasteiger partial charge in [-0.2, -0.15) is 0 Å². The number of aryl methyl sites for hydroxylation is 1. The van der Waals surface area contributed by atoms with E-state index in [1.807, 2.05) is 25.1 Å². The van der Waals surface area contributed by atoms with Crippen LogP contribution in [0.4, 0.5) is 0 Å². The first-order valence-electron chi connectivity index (χ1n) is 4.60. The van der Waals surface area contributed by atoms with E-state index in [9.17, 15) is 0 Å². The van der Waals surface area contributed by atoms with Crippen molar-refractivity contribution >= 4 is 22.5 Å². The van der Waals surface area contributed by atoms with Crippen LogP contribution in [0.2, 0.25) is 5.15 Å². The second-order valence-corrected chi connectivity index (χ2v) is 3.87. The summed E-state index contributed by atoms with van der Waals surface area (Å²) in [5.74, 6) is 1.51. The van der Waals surface area contributed by atoms with Crippen LogP contribution in [0.15, 0.2) is 18.2 Å². The lowest BCUT2D eigenvalue weighted by molar-refractivity contribution is 0.174. The fourth-order valence-corrected chi connectivity index (χ4v) is 2.00. The van der Waals surface area contributed by atoms with Crippen LogP contribution in [0.1, 0.15) is 5.56 Å². The van der Waals surface area contributed by atoms with Gasteiger partial charge in [0.25, 0.3) is 0 Å².